The van der Waals surface area contributed by atoms with Crippen molar-refractivity contribution in [2.24, 2.45) is 0 Å². The van der Waals surface area contributed by atoms with Crippen molar-refractivity contribution in [2.75, 3.05) is 56.6 Å². The van der Waals surface area contributed by atoms with Crippen LogP contribution >= 0.6 is 0 Å². The lowest BCUT2D eigenvalue weighted by Crippen LogP contribution is -2.51. The van der Waals surface area contributed by atoms with Crippen LogP contribution in [-0.4, -0.2) is 85.4 Å². The number of anilines is 1. The van der Waals surface area contributed by atoms with Crippen LogP contribution in [0.1, 0.15) is 26.3 Å². The highest BCUT2D eigenvalue weighted by Crippen LogP contribution is 2.38. The van der Waals surface area contributed by atoms with Gasteiger partial charge in [0, 0.05) is 13.1 Å². The summed E-state index contributed by atoms with van der Waals surface area (Å²) in [6, 6.07) is 11.4. The van der Waals surface area contributed by atoms with Crippen LogP contribution in [0.3, 0.4) is 0 Å². The second-order valence-electron chi connectivity index (χ2n) is 10.5. The van der Waals surface area contributed by atoms with Gasteiger partial charge in [-0.15, -0.1) is 0 Å². The molecule has 4 rings (SSSR count). The normalized spacial score (nSPS) is 18.7. The van der Waals surface area contributed by atoms with Crippen molar-refractivity contribution < 1.29 is 35.8 Å². The summed E-state index contributed by atoms with van der Waals surface area (Å²) < 4.78 is 69.9. The molecule has 0 radical (unpaired) electrons. The fourth-order valence-electron chi connectivity index (χ4n) is 4.27. The fraction of sp³-hybridized carbons (Fsp3) is 0.500. The number of nitrogens with zero attached hydrogens (tertiary/aromatic N) is 2. The van der Waals surface area contributed by atoms with E-state index in [0.29, 0.717) is 43.5 Å². The van der Waals surface area contributed by atoms with Crippen LogP contribution in [-0.2, 0) is 35.0 Å². The van der Waals surface area contributed by atoms with Crippen molar-refractivity contribution in [1.82, 2.24) is 9.62 Å². The molecule has 1 N–H and O–H groups in total. The molecule has 1 amide bonds. The molecular weight excluding hydrogens is 546 g/mol. The molecule has 2 aliphatic rings. The third-order valence-electron chi connectivity index (χ3n) is 6.49. The largest absolute Gasteiger partial charge is 0.492 e. The molecule has 0 spiro atoms. The molecule has 1 fully saturated rings. The van der Waals surface area contributed by atoms with Crippen LogP contribution in [0, 0.1) is 0 Å². The smallest absolute Gasteiger partial charge is 0.263 e. The summed E-state index contributed by atoms with van der Waals surface area (Å²) >= 11 is 0. The first-order chi connectivity index (χ1) is 18.3. The number of hydrogen-bond acceptors (Lipinski definition) is 8. The molecule has 2 aromatic carbocycles. The number of benzene rings is 2. The Morgan fingerprint density at radius 3 is 2.33 bits per heavy atom. The van der Waals surface area contributed by atoms with Gasteiger partial charge in [-0.25, -0.2) is 16.8 Å². The van der Waals surface area contributed by atoms with E-state index in [2.05, 4.69) is 5.32 Å². The van der Waals surface area contributed by atoms with Gasteiger partial charge >= 0.3 is 0 Å². The maximum atomic E-state index is 12.8. The van der Waals surface area contributed by atoms with E-state index < -0.39 is 32.1 Å². The molecular formula is C26H35N3O8S2. The Bertz CT molecular complexity index is 1400. The second kappa shape index (κ2) is 11.3. The van der Waals surface area contributed by atoms with Gasteiger partial charge in [-0.1, -0.05) is 26.8 Å². The van der Waals surface area contributed by atoms with Gasteiger partial charge in [0.05, 0.1) is 43.1 Å². The van der Waals surface area contributed by atoms with E-state index in [-0.39, 0.29) is 30.0 Å². The van der Waals surface area contributed by atoms with Crippen molar-refractivity contribution in [1.29, 1.82) is 0 Å². The molecule has 214 valence electrons. The van der Waals surface area contributed by atoms with Crippen LogP contribution in [0.15, 0.2) is 47.4 Å². The molecule has 2 aromatic rings. The van der Waals surface area contributed by atoms with Gasteiger partial charge < -0.3 is 19.5 Å². The van der Waals surface area contributed by atoms with E-state index in [1.165, 1.54) is 20.7 Å². The zero-order valence-electron chi connectivity index (χ0n) is 22.5. The molecule has 1 saturated heterocycles. The second-order valence-corrected chi connectivity index (χ2v) is 14.3. The molecule has 2 heterocycles. The number of sulfonamides is 2. The van der Waals surface area contributed by atoms with Crippen molar-refractivity contribution in [3.05, 3.63) is 48.0 Å². The minimum Gasteiger partial charge on any atom is -0.492 e. The van der Waals surface area contributed by atoms with E-state index in [9.17, 15) is 21.6 Å². The molecule has 0 unspecified atom stereocenters. The number of carbonyl (C=O) groups is 1. The van der Waals surface area contributed by atoms with Gasteiger partial charge in [0.15, 0.2) is 6.10 Å². The lowest BCUT2D eigenvalue weighted by Gasteiger charge is -2.35. The van der Waals surface area contributed by atoms with Crippen LogP contribution in [0.4, 0.5) is 5.69 Å². The van der Waals surface area contributed by atoms with E-state index in [4.69, 9.17) is 14.2 Å². The number of carbonyl (C=O) groups excluding carboxylic acids is 1. The number of rotatable bonds is 8. The number of nitrogens with one attached hydrogen (secondary N) is 1. The van der Waals surface area contributed by atoms with Crippen molar-refractivity contribution in [3.63, 3.8) is 0 Å². The third-order valence-corrected chi connectivity index (χ3v) is 9.55. The molecule has 2 aliphatic heterocycles. The van der Waals surface area contributed by atoms with Gasteiger partial charge in [-0.3, -0.25) is 9.10 Å². The Morgan fingerprint density at radius 1 is 1.05 bits per heavy atom. The highest BCUT2D eigenvalue weighted by molar-refractivity contribution is 7.92. The first kappa shape index (κ1) is 29.1. The lowest BCUT2D eigenvalue weighted by molar-refractivity contribution is -0.127. The van der Waals surface area contributed by atoms with Crippen LogP contribution in [0.25, 0.3) is 0 Å². The number of morpholine rings is 1. The monoisotopic (exact) mass is 581 g/mol. The summed E-state index contributed by atoms with van der Waals surface area (Å²) in [6.07, 6.45) is 0.0731. The Labute approximate surface area is 230 Å². The Morgan fingerprint density at radius 2 is 1.72 bits per heavy atom. The van der Waals surface area contributed by atoms with Gasteiger partial charge in [0.1, 0.15) is 18.1 Å². The maximum Gasteiger partial charge on any atom is 0.263 e. The standard InChI is InChI=1S/C26H35N3O8S2/c1-26(2,3)19-5-10-23-22(17-19)29(38(4,31)32)18-24(37-23)25(30)27-11-14-36-20-6-8-21(9-7-20)39(33,34)28-12-15-35-16-13-28/h5-10,17,24H,11-16,18H2,1-4H3,(H,27,30)/t24-/m0/s1. The van der Waals surface area contributed by atoms with Crippen LogP contribution < -0.4 is 19.1 Å². The summed E-state index contributed by atoms with van der Waals surface area (Å²) in [7, 11) is -7.25. The number of hydrogen-bond donors (Lipinski definition) is 1. The minimum absolute atomic E-state index is 0.120. The summed E-state index contributed by atoms with van der Waals surface area (Å²) in [5, 5.41) is 2.71. The van der Waals surface area contributed by atoms with E-state index >= 15 is 0 Å². The summed E-state index contributed by atoms with van der Waals surface area (Å²) in [6.45, 7) is 7.58. The first-order valence-electron chi connectivity index (χ1n) is 12.6. The molecule has 39 heavy (non-hydrogen) atoms. The summed E-state index contributed by atoms with van der Waals surface area (Å²) in [5.74, 6) is 0.305. The predicted molar refractivity (Wildman–Crippen MR) is 146 cm³/mol. The Kier molecular flexibility index (Phi) is 8.45. The predicted octanol–water partition coefficient (Wildman–Crippen LogP) is 1.73. The van der Waals surface area contributed by atoms with E-state index in [0.717, 1.165) is 11.8 Å². The minimum atomic E-state index is -3.65. The van der Waals surface area contributed by atoms with E-state index in [1.54, 1.807) is 24.3 Å². The summed E-state index contributed by atoms with van der Waals surface area (Å²) in [5.41, 5.74) is 1.17. The highest BCUT2D eigenvalue weighted by atomic mass is 32.2. The number of fused-ring (bicyclic) bond motifs is 1. The number of ether oxygens (including phenoxy) is 3. The topological polar surface area (TPSA) is 132 Å². The van der Waals surface area contributed by atoms with Crippen LogP contribution in [0.5, 0.6) is 11.5 Å². The Balaban J connectivity index is 1.33. The first-order valence-corrected chi connectivity index (χ1v) is 15.9. The number of amides is 1. The molecule has 0 aromatic heterocycles. The maximum absolute atomic E-state index is 12.8. The SMILES string of the molecule is CC(C)(C)c1ccc2c(c1)N(S(C)(=O)=O)C[C@@H](C(=O)NCCOc1ccc(S(=O)(=O)N3CCOCC3)cc1)O2. The molecule has 0 saturated carbocycles. The third kappa shape index (κ3) is 6.83. The highest BCUT2D eigenvalue weighted by Gasteiger charge is 2.35. The van der Waals surface area contributed by atoms with Crippen LogP contribution in [0.2, 0.25) is 0 Å². The van der Waals surface area contributed by atoms with Gasteiger partial charge in [-0.05, 0) is 47.4 Å². The van der Waals surface area contributed by atoms with Crippen molar-refractivity contribution in [2.45, 2.75) is 37.2 Å². The molecule has 1 atom stereocenters. The quantitative estimate of drug-likeness (QED) is 0.467. The molecule has 0 aliphatic carbocycles. The zero-order valence-corrected chi connectivity index (χ0v) is 24.2. The van der Waals surface area contributed by atoms with Gasteiger partial charge in [-0.2, -0.15) is 4.31 Å². The summed E-state index contributed by atoms with van der Waals surface area (Å²) in [4.78, 5) is 13.0. The molecule has 11 nitrogen and oxygen atoms in total. The lowest BCUT2D eigenvalue weighted by atomic mass is 9.86. The van der Waals surface area contributed by atoms with Crippen molar-refractivity contribution in [3.8, 4) is 11.5 Å². The van der Waals surface area contributed by atoms with Crippen molar-refractivity contribution >= 4 is 31.6 Å². The average Bonchev–Trinajstić information content (AvgIpc) is 2.89. The molecule has 0 bridgehead atoms. The average molecular weight is 582 g/mol. The zero-order chi connectivity index (χ0) is 28.4. The molecule has 13 heteroatoms. The van der Waals surface area contributed by atoms with Gasteiger partial charge in [0.2, 0.25) is 20.0 Å². The fourth-order valence-corrected chi connectivity index (χ4v) is 6.58. The Hall–Kier alpha value is -2.87. The van der Waals surface area contributed by atoms with Gasteiger partial charge in [0.25, 0.3) is 5.91 Å². The van der Waals surface area contributed by atoms with E-state index in [1.807, 2.05) is 26.8 Å².